The smallest absolute Gasteiger partial charge is 0.451 e. The summed E-state index contributed by atoms with van der Waals surface area (Å²) in [6, 6.07) is 6.03. The summed E-state index contributed by atoms with van der Waals surface area (Å²) in [5.74, 6) is -1.28. The van der Waals surface area contributed by atoms with E-state index < -0.39 is 23.6 Å². The number of aliphatic hydroxyl groups excluding tert-OH is 1. The highest BCUT2D eigenvalue weighted by atomic mass is 19.4. The lowest BCUT2D eigenvalue weighted by molar-refractivity contribution is -0.145. The first-order valence-electron chi connectivity index (χ1n) is 15.2. The molecule has 3 fully saturated rings. The monoisotopic (exact) mass is 622 g/mol. The SMILES string of the molecule is N#CCC1(n2cc(-c3ncnc4[nH]ccc34)cn2)CN([C@H]2CC[C@@H](Oc3cc(CN4CC[C@H](O)C4)nc(C(F)(F)F)n3)CC2)C1. The minimum absolute atomic E-state index is 0.0670. The van der Waals surface area contributed by atoms with E-state index in [0.717, 1.165) is 35.1 Å². The van der Waals surface area contributed by atoms with Gasteiger partial charge in [-0.3, -0.25) is 14.5 Å². The average Bonchev–Trinajstić information content (AvgIpc) is 3.76. The number of aromatic nitrogens is 7. The van der Waals surface area contributed by atoms with Crippen molar-refractivity contribution >= 4 is 11.0 Å². The number of nitrogens with one attached hydrogen (secondary N) is 1. The number of fused-ring (bicyclic) bond motifs is 1. The van der Waals surface area contributed by atoms with Gasteiger partial charge in [0.15, 0.2) is 0 Å². The lowest BCUT2D eigenvalue weighted by Gasteiger charge is -2.53. The number of rotatable bonds is 8. The van der Waals surface area contributed by atoms with E-state index in [1.54, 1.807) is 6.20 Å². The fourth-order valence-corrected chi connectivity index (χ4v) is 6.88. The van der Waals surface area contributed by atoms with E-state index in [0.29, 0.717) is 51.9 Å². The molecule has 1 aliphatic carbocycles. The zero-order valence-electron chi connectivity index (χ0n) is 24.5. The van der Waals surface area contributed by atoms with Crippen molar-refractivity contribution in [2.45, 2.75) is 75.0 Å². The second-order valence-corrected chi connectivity index (χ2v) is 12.3. The van der Waals surface area contributed by atoms with Crippen molar-refractivity contribution < 1.29 is 23.0 Å². The van der Waals surface area contributed by atoms with Crippen molar-refractivity contribution in [1.82, 2.24) is 44.5 Å². The molecule has 236 valence electrons. The molecule has 6 heterocycles. The number of alkyl halides is 3. The molecule has 0 spiro atoms. The predicted octanol–water partition coefficient (Wildman–Crippen LogP) is 3.51. The van der Waals surface area contributed by atoms with Gasteiger partial charge >= 0.3 is 6.18 Å². The molecule has 2 saturated heterocycles. The Kier molecular flexibility index (Phi) is 7.66. The molecule has 45 heavy (non-hydrogen) atoms. The first kappa shape index (κ1) is 29.6. The van der Waals surface area contributed by atoms with E-state index in [1.807, 2.05) is 28.0 Å². The number of H-pyrrole nitrogens is 1. The van der Waals surface area contributed by atoms with Crippen LogP contribution in [0.15, 0.2) is 37.1 Å². The summed E-state index contributed by atoms with van der Waals surface area (Å²) in [4.78, 5) is 23.5. The molecule has 2 aliphatic heterocycles. The van der Waals surface area contributed by atoms with E-state index in [9.17, 15) is 23.5 Å². The Bertz CT molecular complexity index is 1700. The molecule has 1 atom stereocenters. The Hall–Kier alpha value is -4.13. The van der Waals surface area contributed by atoms with Gasteiger partial charge in [0.25, 0.3) is 0 Å². The zero-order valence-corrected chi connectivity index (χ0v) is 24.5. The predicted molar refractivity (Wildman–Crippen MR) is 154 cm³/mol. The van der Waals surface area contributed by atoms with Gasteiger partial charge in [-0.2, -0.15) is 28.5 Å². The van der Waals surface area contributed by atoms with Gasteiger partial charge in [-0.25, -0.2) is 15.0 Å². The summed E-state index contributed by atoms with van der Waals surface area (Å²) < 4.78 is 48.7. The number of nitriles is 1. The lowest BCUT2D eigenvalue weighted by Crippen LogP contribution is -2.65. The number of ether oxygens (including phenoxy) is 1. The highest BCUT2D eigenvalue weighted by molar-refractivity contribution is 5.90. The molecule has 4 aromatic heterocycles. The molecule has 0 aromatic carbocycles. The Balaban J connectivity index is 0.982. The van der Waals surface area contributed by atoms with Crippen LogP contribution in [0.2, 0.25) is 0 Å². The Morgan fingerprint density at radius 1 is 1.13 bits per heavy atom. The van der Waals surface area contributed by atoms with Gasteiger partial charge in [-0.1, -0.05) is 0 Å². The van der Waals surface area contributed by atoms with Gasteiger partial charge in [0.2, 0.25) is 11.7 Å². The fraction of sp³-hybridized carbons (Fsp3) is 0.533. The van der Waals surface area contributed by atoms with E-state index in [2.05, 4.69) is 41.0 Å². The standard InChI is InChI=1S/C30H33F3N10O2/c31-30(32,33)28-39-20(14-41-10-6-22(44)15-41)11-25(40-28)45-23-3-1-21(2-4-23)42-16-29(17-42,7-8-34)43-13-19(12-38-43)26-24-5-9-35-27(24)37-18-36-26/h5,9,11-13,18,21-23,44H,1-4,6-7,10,14-17H2,(H,35,36,37)/t21-,22-,23+/m0/s1. The molecular weight excluding hydrogens is 589 g/mol. The first-order valence-corrected chi connectivity index (χ1v) is 15.2. The van der Waals surface area contributed by atoms with Crippen LogP contribution < -0.4 is 4.74 Å². The van der Waals surface area contributed by atoms with Gasteiger partial charge < -0.3 is 14.8 Å². The number of likely N-dealkylation sites (tertiary alicyclic amines) is 2. The second kappa shape index (κ2) is 11.7. The lowest BCUT2D eigenvalue weighted by atomic mass is 9.82. The molecule has 1 saturated carbocycles. The second-order valence-electron chi connectivity index (χ2n) is 12.3. The molecule has 0 unspecified atom stereocenters. The molecule has 12 nitrogen and oxygen atoms in total. The number of nitrogens with zero attached hydrogens (tertiary/aromatic N) is 9. The fourth-order valence-electron chi connectivity index (χ4n) is 6.88. The van der Waals surface area contributed by atoms with Crippen molar-refractivity contribution in [2.24, 2.45) is 0 Å². The van der Waals surface area contributed by atoms with Crippen molar-refractivity contribution in [3.8, 4) is 23.2 Å². The summed E-state index contributed by atoms with van der Waals surface area (Å²) in [6.45, 7) is 2.55. The molecule has 15 heteroatoms. The summed E-state index contributed by atoms with van der Waals surface area (Å²) in [5, 5.41) is 25.0. The molecular formula is C30H33F3N10O2. The van der Waals surface area contributed by atoms with Crippen LogP contribution >= 0.6 is 0 Å². The molecule has 0 bridgehead atoms. The van der Waals surface area contributed by atoms with Crippen molar-refractivity contribution in [3.63, 3.8) is 0 Å². The van der Waals surface area contributed by atoms with Crippen LogP contribution in [-0.4, -0.2) is 94.0 Å². The number of aromatic amines is 1. The van der Waals surface area contributed by atoms with Crippen molar-refractivity contribution in [1.29, 1.82) is 5.26 Å². The van der Waals surface area contributed by atoms with Crippen LogP contribution in [0.25, 0.3) is 22.3 Å². The minimum atomic E-state index is -4.69. The third kappa shape index (κ3) is 5.97. The Morgan fingerprint density at radius 2 is 1.96 bits per heavy atom. The molecule has 7 rings (SSSR count). The van der Waals surface area contributed by atoms with Crippen LogP contribution in [0.3, 0.4) is 0 Å². The Morgan fingerprint density at radius 3 is 2.69 bits per heavy atom. The highest BCUT2D eigenvalue weighted by Gasteiger charge is 2.48. The summed E-state index contributed by atoms with van der Waals surface area (Å²) in [7, 11) is 0. The maximum atomic E-state index is 13.6. The number of β-amino-alcohol motifs (C(OH)–C–C–N with tert-alkyl or cyclic N) is 1. The van der Waals surface area contributed by atoms with Crippen LogP contribution in [-0.2, 0) is 18.3 Å². The number of halogens is 3. The van der Waals surface area contributed by atoms with Crippen molar-refractivity contribution in [3.05, 3.63) is 48.6 Å². The summed E-state index contributed by atoms with van der Waals surface area (Å²) >= 11 is 0. The minimum Gasteiger partial charge on any atom is -0.474 e. The van der Waals surface area contributed by atoms with Gasteiger partial charge in [-0.05, 0) is 38.2 Å². The maximum Gasteiger partial charge on any atom is 0.451 e. The van der Waals surface area contributed by atoms with Crippen molar-refractivity contribution in [2.75, 3.05) is 26.2 Å². The molecule has 0 radical (unpaired) electrons. The van der Waals surface area contributed by atoms with E-state index in [1.165, 1.54) is 12.4 Å². The highest BCUT2D eigenvalue weighted by Crippen LogP contribution is 2.39. The van der Waals surface area contributed by atoms with Crippen LogP contribution in [0.5, 0.6) is 5.88 Å². The van der Waals surface area contributed by atoms with Crippen LogP contribution in [0.4, 0.5) is 13.2 Å². The van der Waals surface area contributed by atoms with Gasteiger partial charge in [-0.15, -0.1) is 0 Å². The third-order valence-corrected chi connectivity index (χ3v) is 9.19. The summed E-state index contributed by atoms with van der Waals surface area (Å²) in [5.41, 5.74) is 2.17. The van der Waals surface area contributed by atoms with E-state index >= 15 is 0 Å². The van der Waals surface area contributed by atoms with Gasteiger partial charge in [0.05, 0.1) is 36.2 Å². The quantitative estimate of drug-likeness (QED) is 0.300. The van der Waals surface area contributed by atoms with Crippen LogP contribution in [0, 0.1) is 11.3 Å². The first-order chi connectivity index (χ1) is 21.7. The molecule has 2 N–H and O–H groups in total. The maximum absolute atomic E-state index is 13.6. The zero-order chi connectivity index (χ0) is 31.2. The molecule has 4 aromatic rings. The third-order valence-electron chi connectivity index (χ3n) is 9.19. The summed E-state index contributed by atoms with van der Waals surface area (Å²) in [6.07, 6.45) is 5.53. The van der Waals surface area contributed by atoms with Crippen LogP contribution in [0.1, 0.15) is 50.0 Å². The number of hydrogen-bond donors (Lipinski definition) is 2. The number of aliphatic hydroxyl groups is 1. The van der Waals surface area contributed by atoms with Gasteiger partial charge in [0.1, 0.15) is 23.6 Å². The largest absolute Gasteiger partial charge is 0.474 e. The van der Waals surface area contributed by atoms with E-state index in [-0.39, 0.29) is 30.3 Å². The van der Waals surface area contributed by atoms with Gasteiger partial charge in [0, 0.05) is 68.2 Å². The van der Waals surface area contributed by atoms with E-state index in [4.69, 9.17) is 4.74 Å². The average molecular weight is 623 g/mol. The number of hydrogen-bond acceptors (Lipinski definition) is 10. The Labute approximate surface area is 256 Å². The topological polar surface area (TPSA) is 145 Å². The normalized spacial score (nSPS) is 24.0. The molecule has 3 aliphatic rings. The molecule has 0 amide bonds.